The fourth-order valence-corrected chi connectivity index (χ4v) is 5.92. The third-order valence-electron chi connectivity index (χ3n) is 5.92. The van der Waals surface area contributed by atoms with Gasteiger partial charge in [-0.2, -0.15) is 4.31 Å². The zero-order valence-electron chi connectivity index (χ0n) is 16.6. The van der Waals surface area contributed by atoms with Crippen molar-refractivity contribution in [2.24, 2.45) is 0 Å². The lowest BCUT2D eigenvalue weighted by Gasteiger charge is -2.34. The monoisotopic (exact) mass is 428 g/mol. The maximum atomic E-state index is 13.2. The first kappa shape index (κ1) is 19.4. The van der Waals surface area contributed by atoms with Crippen LogP contribution in [0.2, 0.25) is 0 Å². The quantitative estimate of drug-likeness (QED) is 0.751. The van der Waals surface area contributed by atoms with Crippen LogP contribution >= 0.6 is 0 Å². The Hall–Kier alpha value is -2.58. The number of ether oxygens (including phenoxy) is 2. The van der Waals surface area contributed by atoms with Gasteiger partial charge in [0.25, 0.3) is 5.91 Å². The summed E-state index contributed by atoms with van der Waals surface area (Å²) >= 11 is 0. The van der Waals surface area contributed by atoms with Crippen LogP contribution in [-0.2, 0) is 21.2 Å². The molecule has 0 saturated carbocycles. The summed E-state index contributed by atoms with van der Waals surface area (Å²) in [6, 6.07) is 12.4. The van der Waals surface area contributed by atoms with Gasteiger partial charge in [0.2, 0.25) is 16.1 Å². The number of amides is 1. The first-order valence-electron chi connectivity index (χ1n) is 10.4. The van der Waals surface area contributed by atoms with Gasteiger partial charge in [-0.1, -0.05) is 12.1 Å². The Morgan fingerprint density at radius 3 is 2.53 bits per heavy atom. The first-order chi connectivity index (χ1) is 14.5. The van der Waals surface area contributed by atoms with Crippen molar-refractivity contribution in [3.8, 4) is 11.5 Å². The van der Waals surface area contributed by atoms with E-state index in [1.807, 2.05) is 18.2 Å². The molecule has 0 unspecified atom stereocenters. The molecular formula is C22H24N2O5S. The number of carbonyl (C=O) groups excluding carboxylic acids is 1. The van der Waals surface area contributed by atoms with Crippen LogP contribution in [0.1, 0.15) is 24.8 Å². The van der Waals surface area contributed by atoms with Crippen molar-refractivity contribution in [2.45, 2.75) is 36.7 Å². The van der Waals surface area contributed by atoms with Crippen LogP contribution < -0.4 is 14.4 Å². The molecule has 1 fully saturated rings. The Morgan fingerprint density at radius 2 is 1.73 bits per heavy atom. The number of sulfonamides is 1. The van der Waals surface area contributed by atoms with E-state index in [1.54, 1.807) is 33.5 Å². The van der Waals surface area contributed by atoms with Gasteiger partial charge in [-0.25, -0.2) is 8.42 Å². The largest absolute Gasteiger partial charge is 0.485 e. The van der Waals surface area contributed by atoms with E-state index < -0.39 is 16.1 Å². The molecule has 0 aromatic heterocycles. The molecule has 1 atom stereocenters. The van der Waals surface area contributed by atoms with Gasteiger partial charge in [-0.3, -0.25) is 4.79 Å². The molecule has 1 amide bonds. The lowest BCUT2D eigenvalue weighted by molar-refractivity contribution is -0.127. The molecule has 0 N–H and O–H groups in total. The molecule has 3 aliphatic heterocycles. The van der Waals surface area contributed by atoms with Crippen LogP contribution in [0.4, 0.5) is 5.69 Å². The Balaban J connectivity index is 1.40. The number of anilines is 1. The van der Waals surface area contributed by atoms with E-state index in [2.05, 4.69) is 0 Å². The van der Waals surface area contributed by atoms with Crippen LogP contribution in [0.15, 0.2) is 47.4 Å². The summed E-state index contributed by atoms with van der Waals surface area (Å²) < 4.78 is 39.0. The van der Waals surface area contributed by atoms with E-state index in [0.717, 1.165) is 36.9 Å². The third kappa shape index (κ3) is 3.33. The number of hydrogen-bond donors (Lipinski definition) is 0. The zero-order valence-corrected chi connectivity index (χ0v) is 17.4. The fourth-order valence-electron chi connectivity index (χ4n) is 4.36. The molecular weight excluding hydrogens is 404 g/mol. The van der Waals surface area contributed by atoms with Gasteiger partial charge in [0, 0.05) is 25.3 Å². The average molecular weight is 429 g/mol. The van der Waals surface area contributed by atoms with Crippen molar-refractivity contribution in [1.29, 1.82) is 0 Å². The zero-order chi connectivity index (χ0) is 20.7. The molecule has 158 valence electrons. The van der Waals surface area contributed by atoms with Gasteiger partial charge in [0.15, 0.2) is 11.5 Å². The minimum atomic E-state index is -3.48. The summed E-state index contributed by atoms with van der Waals surface area (Å²) in [5.41, 5.74) is 1.64. The summed E-state index contributed by atoms with van der Waals surface area (Å²) in [4.78, 5) is 15.2. The van der Waals surface area contributed by atoms with Crippen LogP contribution in [0, 0.1) is 0 Å². The van der Waals surface area contributed by atoms with E-state index in [9.17, 15) is 13.2 Å². The Kier molecular flexibility index (Phi) is 4.91. The van der Waals surface area contributed by atoms with Crippen molar-refractivity contribution in [2.75, 3.05) is 31.1 Å². The molecule has 2 aromatic rings. The third-order valence-corrected chi connectivity index (χ3v) is 7.82. The normalized spacial score (nSPS) is 21.3. The van der Waals surface area contributed by atoms with E-state index in [4.69, 9.17) is 9.47 Å². The number of nitrogens with zero attached hydrogens (tertiary/aromatic N) is 2. The summed E-state index contributed by atoms with van der Waals surface area (Å²) in [7, 11) is -3.48. The van der Waals surface area contributed by atoms with Crippen LogP contribution in [-0.4, -0.2) is 51.0 Å². The number of carbonyl (C=O) groups is 1. The van der Waals surface area contributed by atoms with Crippen LogP contribution in [0.3, 0.4) is 0 Å². The van der Waals surface area contributed by atoms with Crippen LogP contribution in [0.25, 0.3) is 0 Å². The second-order valence-electron chi connectivity index (χ2n) is 7.86. The molecule has 3 heterocycles. The topological polar surface area (TPSA) is 76.1 Å². The van der Waals surface area contributed by atoms with Crippen molar-refractivity contribution in [1.82, 2.24) is 4.31 Å². The van der Waals surface area contributed by atoms with Crippen molar-refractivity contribution in [3.63, 3.8) is 0 Å². The van der Waals surface area contributed by atoms with E-state index in [0.29, 0.717) is 36.0 Å². The highest BCUT2D eigenvalue weighted by Gasteiger charge is 2.35. The fraction of sp³-hybridized carbons (Fsp3) is 0.409. The molecule has 5 rings (SSSR count). The predicted octanol–water partition coefficient (Wildman–Crippen LogP) is 2.59. The van der Waals surface area contributed by atoms with E-state index in [1.165, 1.54) is 0 Å². The molecule has 0 spiro atoms. The maximum absolute atomic E-state index is 13.2. The summed E-state index contributed by atoms with van der Waals surface area (Å²) in [5, 5.41) is 0. The van der Waals surface area contributed by atoms with E-state index >= 15 is 0 Å². The minimum Gasteiger partial charge on any atom is -0.485 e. The van der Waals surface area contributed by atoms with Gasteiger partial charge in [0.05, 0.1) is 4.90 Å². The number of fused-ring (bicyclic) bond motifs is 2. The predicted molar refractivity (Wildman–Crippen MR) is 111 cm³/mol. The minimum absolute atomic E-state index is 0.156. The molecule has 2 aromatic carbocycles. The lowest BCUT2D eigenvalue weighted by atomic mass is 10.0. The van der Waals surface area contributed by atoms with Gasteiger partial charge in [-0.05, 0) is 61.6 Å². The molecule has 0 radical (unpaired) electrons. The number of benzene rings is 2. The Labute approximate surface area is 176 Å². The SMILES string of the molecule is O=C([C@@H]1COc2ccccc2O1)N1CCCc2cc(S(=O)(=O)N3CCCC3)ccc21. The Bertz CT molecular complexity index is 1080. The summed E-state index contributed by atoms with van der Waals surface area (Å²) in [6.07, 6.45) is 2.60. The molecule has 3 aliphatic rings. The second kappa shape index (κ2) is 7.59. The Morgan fingerprint density at radius 1 is 0.967 bits per heavy atom. The standard InChI is InChI=1S/C22H24N2O5S/c25-22(21-15-28-19-7-1-2-8-20(19)29-21)24-13-5-6-16-14-17(9-10-18(16)24)30(26,27)23-11-3-4-12-23/h1-2,7-10,14,21H,3-6,11-13,15H2/t21-/m0/s1. The van der Waals surface area contributed by atoms with Gasteiger partial charge in [0.1, 0.15) is 6.61 Å². The number of para-hydroxylation sites is 2. The van der Waals surface area contributed by atoms with Crippen molar-refractivity contribution >= 4 is 21.6 Å². The van der Waals surface area contributed by atoms with E-state index in [-0.39, 0.29) is 12.5 Å². The molecule has 8 heteroatoms. The second-order valence-corrected chi connectivity index (χ2v) is 9.80. The van der Waals surface area contributed by atoms with Crippen molar-refractivity contribution in [3.05, 3.63) is 48.0 Å². The number of hydrogen-bond acceptors (Lipinski definition) is 5. The van der Waals surface area contributed by atoms with Crippen molar-refractivity contribution < 1.29 is 22.7 Å². The van der Waals surface area contributed by atoms with Gasteiger partial charge >= 0.3 is 0 Å². The maximum Gasteiger partial charge on any atom is 0.271 e. The van der Waals surface area contributed by atoms with Gasteiger partial charge in [-0.15, -0.1) is 0 Å². The lowest BCUT2D eigenvalue weighted by Crippen LogP contribution is -2.48. The molecule has 7 nitrogen and oxygen atoms in total. The summed E-state index contributed by atoms with van der Waals surface area (Å²) in [5.74, 6) is 1.03. The molecule has 0 bridgehead atoms. The highest BCUT2D eigenvalue weighted by atomic mass is 32.2. The summed E-state index contributed by atoms with van der Waals surface area (Å²) in [6.45, 7) is 1.88. The molecule has 0 aliphatic carbocycles. The highest BCUT2D eigenvalue weighted by Crippen LogP contribution is 2.34. The molecule has 1 saturated heterocycles. The highest BCUT2D eigenvalue weighted by molar-refractivity contribution is 7.89. The number of rotatable bonds is 3. The average Bonchev–Trinajstić information content (AvgIpc) is 3.33. The molecule has 30 heavy (non-hydrogen) atoms. The smallest absolute Gasteiger partial charge is 0.271 e. The first-order valence-corrected chi connectivity index (χ1v) is 11.8. The van der Waals surface area contributed by atoms with Crippen LogP contribution in [0.5, 0.6) is 11.5 Å². The number of aryl methyl sites for hydroxylation is 1. The van der Waals surface area contributed by atoms with Gasteiger partial charge < -0.3 is 14.4 Å².